The molecule has 0 radical (unpaired) electrons. The molecule has 0 aliphatic heterocycles. The van der Waals surface area contributed by atoms with Crippen molar-refractivity contribution in [3.63, 3.8) is 0 Å². The van der Waals surface area contributed by atoms with Gasteiger partial charge in [-0.2, -0.15) is 4.99 Å². The number of benzene rings is 1. The van der Waals surface area contributed by atoms with Gasteiger partial charge in [-0.25, -0.2) is 4.79 Å². The molecule has 4 heteroatoms. The summed E-state index contributed by atoms with van der Waals surface area (Å²) >= 11 is 6.13. The Morgan fingerprint density at radius 3 is 2.65 bits per heavy atom. The second kappa shape index (κ2) is 4.52. The molecule has 1 aromatic carbocycles. The molecule has 3 nitrogen and oxygen atoms in total. The predicted molar refractivity (Wildman–Crippen MR) is 66.4 cm³/mol. The Hall–Kier alpha value is -1.31. The molecule has 1 fully saturated rings. The van der Waals surface area contributed by atoms with Crippen molar-refractivity contribution in [3.8, 4) is 5.75 Å². The van der Waals surface area contributed by atoms with Crippen molar-refractivity contribution in [2.45, 2.75) is 31.7 Å². The SMILES string of the molecule is COc1ccc(Cl)c(C)c1C1(N=C=O)CCC1. The number of nitrogens with zero attached hydrogens (tertiary/aromatic N) is 1. The number of ether oxygens (including phenoxy) is 1. The molecule has 0 spiro atoms. The molecule has 17 heavy (non-hydrogen) atoms. The highest BCUT2D eigenvalue weighted by Gasteiger charge is 2.42. The van der Waals surface area contributed by atoms with E-state index in [-0.39, 0.29) is 0 Å². The fraction of sp³-hybridized carbons (Fsp3) is 0.462. The molecule has 0 heterocycles. The van der Waals surface area contributed by atoms with Crippen LogP contribution in [0.3, 0.4) is 0 Å². The van der Waals surface area contributed by atoms with Gasteiger partial charge in [0.1, 0.15) is 11.3 Å². The number of rotatable bonds is 3. The molecule has 0 aromatic heterocycles. The van der Waals surface area contributed by atoms with Gasteiger partial charge in [-0.3, -0.25) is 0 Å². The van der Waals surface area contributed by atoms with E-state index in [2.05, 4.69) is 4.99 Å². The highest BCUT2D eigenvalue weighted by molar-refractivity contribution is 6.31. The molecular formula is C13H14ClNO2. The van der Waals surface area contributed by atoms with Crippen molar-refractivity contribution in [2.75, 3.05) is 7.11 Å². The fourth-order valence-electron chi connectivity index (χ4n) is 2.43. The van der Waals surface area contributed by atoms with Gasteiger partial charge in [-0.1, -0.05) is 11.6 Å². The summed E-state index contributed by atoms with van der Waals surface area (Å²) in [5.74, 6) is 0.741. The van der Waals surface area contributed by atoms with Crippen LogP contribution in [0.25, 0.3) is 0 Å². The van der Waals surface area contributed by atoms with Gasteiger partial charge >= 0.3 is 0 Å². The molecule has 0 unspecified atom stereocenters. The van der Waals surface area contributed by atoms with Crippen molar-refractivity contribution in [3.05, 3.63) is 28.3 Å². The van der Waals surface area contributed by atoms with Gasteiger partial charge in [0.2, 0.25) is 6.08 Å². The summed E-state index contributed by atoms with van der Waals surface area (Å²) in [5, 5.41) is 0.674. The first-order chi connectivity index (χ1) is 8.14. The Bertz CT molecular complexity index is 488. The molecule has 0 N–H and O–H groups in total. The second-order valence-electron chi connectivity index (χ2n) is 4.34. The smallest absolute Gasteiger partial charge is 0.235 e. The van der Waals surface area contributed by atoms with Crippen molar-refractivity contribution in [1.82, 2.24) is 0 Å². The van der Waals surface area contributed by atoms with Crippen LogP contribution in [-0.4, -0.2) is 13.2 Å². The van der Waals surface area contributed by atoms with Gasteiger partial charge in [-0.15, -0.1) is 0 Å². The minimum atomic E-state index is -0.470. The lowest BCUT2D eigenvalue weighted by Gasteiger charge is -2.39. The summed E-state index contributed by atoms with van der Waals surface area (Å²) in [4.78, 5) is 14.6. The molecular weight excluding hydrogens is 238 g/mol. The summed E-state index contributed by atoms with van der Waals surface area (Å²) in [6.45, 7) is 1.93. The van der Waals surface area contributed by atoms with E-state index in [1.54, 1.807) is 19.3 Å². The summed E-state index contributed by atoms with van der Waals surface area (Å²) in [7, 11) is 1.61. The Kier molecular flexibility index (Phi) is 3.23. The average molecular weight is 252 g/mol. The van der Waals surface area contributed by atoms with Crippen molar-refractivity contribution < 1.29 is 9.53 Å². The van der Waals surface area contributed by atoms with E-state index in [1.807, 2.05) is 13.0 Å². The third-order valence-electron chi connectivity index (χ3n) is 3.49. The summed E-state index contributed by atoms with van der Waals surface area (Å²) in [6.07, 6.45) is 4.43. The van der Waals surface area contributed by atoms with Crippen LogP contribution >= 0.6 is 11.6 Å². The first-order valence-corrected chi connectivity index (χ1v) is 5.95. The number of isocyanates is 1. The highest BCUT2D eigenvalue weighted by atomic mass is 35.5. The zero-order valence-corrected chi connectivity index (χ0v) is 10.7. The summed E-state index contributed by atoms with van der Waals surface area (Å²) in [5.41, 5.74) is 1.40. The lowest BCUT2D eigenvalue weighted by molar-refractivity contribution is 0.245. The molecule has 0 bridgehead atoms. The summed E-state index contributed by atoms with van der Waals surface area (Å²) in [6, 6.07) is 3.63. The molecule has 0 atom stereocenters. The maximum Gasteiger partial charge on any atom is 0.235 e. The second-order valence-corrected chi connectivity index (χ2v) is 4.75. The third-order valence-corrected chi connectivity index (χ3v) is 3.90. The zero-order valence-electron chi connectivity index (χ0n) is 9.92. The monoisotopic (exact) mass is 251 g/mol. The van der Waals surface area contributed by atoms with E-state index in [0.29, 0.717) is 5.02 Å². The maximum atomic E-state index is 10.6. The van der Waals surface area contributed by atoms with Crippen LogP contribution in [0.1, 0.15) is 30.4 Å². The Balaban J connectivity index is 2.63. The Labute approximate surface area is 105 Å². The molecule has 1 saturated carbocycles. The van der Waals surface area contributed by atoms with E-state index in [9.17, 15) is 4.79 Å². The van der Waals surface area contributed by atoms with Crippen LogP contribution < -0.4 is 4.74 Å². The molecule has 1 aromatic rings. The van der Waals surface area contributed by atoms with Crippen LogP contribution in [-0.2, 0) is 10.3 Å². The van der Waals surface area contributed by atoms with E-state index in [4.69, 9.17) is 16.3 Å². The quantitative estimate of drug-likeness (QED) is 0.610. The molecule has 0 saturated heterocycles. The highest BCUT2D eigenvalue weighted by Crippen LogP contribution is 2.50. The van der Waals surface area contributed by atoms with E-state index >= 15 is 0 Å². The molecule has 1 aliphatic rings. The van der Waals surface area contributed by atoms with Crippen molar-refractivity contribution in [2.24, 2.45) is 4.99 Å². The zero-order chi connectivity index (χ0) is 12.5. The number of hydrogen-bond acceptors (Lipinski definition) is 3. The topological polar surface area (TPSA) is 38.7 Å². The number of halogens is 1. The van der Waals surface area contributed by atoms with Gasteiger partial charge in [0.05, 0.1) is 7.11 Å². The number of carbonyl (C=O) groups excluding carboxylic acids is 1. The standard InChI is InChI=1S/C13H14ClNO2/c1-9-10(14)4-5-11(17-2)12(9)13(15-8-16)6-3-7-13/h4-5H,3,6-7H2,1-2H3. The Morgan fingerprint density at radius 2 is 2.18 bits per heavy atom. The van der Waals surface area contributed by atoms with Crippen LogP contribution in [0.15, 0.2) is 17.1 Å². The molecule has 90 valence electrons. The van der Waals surface area contributed by atoms with Crippen LogP contribution in [0.4, 0.5) is 0 Å². The normalized spacial score (nSPS) is 16.9. The van der Waals surface area contributed by atoms with E-state index < -0.39 is 5.54 Å². The van der Waals surface area contributed by atoms with Gasteiger partial charge < -0.3 is 4.74 Å². The minimum Gasteiger partial charge on any atom is -0.496 e. The molecule has 2 rings (SSSR count). The maximum absolute atomic E-state index is 10.6. The lowest BCUT2D eigenvalue weighted by atomic mass is 9.70. The first kappa shape index (κ1) is 12.2. The minimum absolute atomic E-state index is 0.470. The van der Waals surface area contributed by atoms with E-state index in [1.165, 1.54) is 0 Å². The first-order valence-electron chi connectivity index (χ1n) is 5.57. The predicted octanol–water partition coefficient (Wildman–Crippen LogP) is 3.37. The Morgan fingerprint density at radius 1 is 1.47 bits per heavy atom. The molecule has 1 aliphatic carbocycles. The van der Waals surface area contributed by atoms with Gasteiger partial charge in [-0.05, 0) is 43.9 Å². The average Bonchev–Trinajstić information content (AvgIpc) is 2.28. The van der Waals surface area contributed by atoms with Gasteiger partial charge in [0.15, 0.2) is 0 Å². The van der Waals surface area contributed by atoms with Gasteiger partial charge in [0, 0.05) is 10.6 Å². The van der Waals surface area contributed by atoms with Crippen LogP contribution in [0.5, 0.6) is 5.75 Å². The fourth-order valence-corrected chi connectivity index (χ4v) is 2.58. The van der Waals surface area contributed by atoms with Gasteiger partial charge in [0.25, 0.3) is 0 Å². The van der Waals surface area contributed by atoms with Crippen molar-refractivity contribution in [1.29, 1.82) is 0 Å². The van der Waals surface area contributed by atoms with Crippen molar-refractivity contribution >= 4 is 17.7 Å². The third kappa shape index (κ3) is 1.86. The number of methoxy groups -OCH3 is 1. The number of hydrogen-bond donors (Lipinski definition) is 0. The van der Waals surface area contributed by atoms with E-state index in [0.717, 1.165) is 36.1 Å². The van der Waals surface area contributed by atoms with Crippen LogP contribution in [0.2, 0.25) is 5.02 Å². The van der Waals surface area contributed by atoms with Crippen LogP contribution in [0, 0.1) is 6.92 Å². The molecule has 0 amide bonds. The summed E-state index contributed by atoms with van der Waals surface area (Å²) < 4.78 is 5.36. The number of aliphatic imine (C=N–C) groups is 1. The largest absolute Gasteiger partial charge is 0.496 e. The lowest BCUT2D eigenvalue weighted by Crippen LogP contribution is -2.33.